The molecule has 2 rings (SSSR count). The van der Waals surface area contributed by atoms with Crippen LogP contribution in [0.3, 0.4) is 0 Å². The number of benzene rings is 2. The van der Waals surface area contributed by atoms with E-state index in [0.717, 1.165) is 11.1 Å². The van der Waals surface area contributed by atoms with Gasteiger partial charge in [0.15, 0.2) is 18.2 Å². The number of esters is 1. The number of amides is 1. The van der Waals surface area contributed by atoms with E-state index in [1.54, 1.807) is 25.2 Å². The minimum Gasteiger partial charge on any atom is -0.494 e. The Balaban J connectivity index is 1.92. The Bertz CT molecular complexity index is 799. The first kappa shape index (κ1) is 19.4. The summed E-state index contributed by atoms with van der Waals surface area (Å²) in [6, 6.07) is 9.86. The Hall–Kier alpha value is -2.89. The lowest BCUT2D eigenvalue weighted by Gasteiger charge is -2.17. The SMILES string of the molecule is COc1ccc(CN(C)C(=O)COC(=O)c2cc(C)cc(C)c2)cc1F. The minimum atomic E-state index is -0.547. The van der Waals surface area contributed by atoms with Gasteiger partial charge in [0, 0.05) is 13.6 Å². The molecule has 0 saturated carbocycles. The maximum atomic E-state index is 13.7. The van der Waals surface area contributed by atoms with Gasteiger partial charge < -0.3 is 14.4 Å². The highest BCUT2D eigenvalue weighted by Crippen LogP contribution is 2.18. The van der Waals surface area contributed by atoms with Crippen LogP contribution in [-0.2, 0) is 16.1 Å². The second-order valence-electron chi connectivity index (χ2n) is 6.17. The quantitative estimate of drug-likeness (QED) is 0.743. The maximum Gasteiger partial charge on any atom is 0.338 e. The smallest absolute Gasteiger partial charge is 0.338 e. The van der Waals surface area contributed by atoms with Gasteiger partial charge >= 0.3 is 5.97 Å². The van der Waals surface area contributed by atoms with E-state index in [1.807, 2.05) is 19.9 Å². The summed E-state index contributed by atoms with van der Waals surface area (Å²) >= 11 is 0. The number of methoxy groups -OCH3 is 1. The predicted octanol–water partition coefficient (Wildman–Crippen LogP) is 3.27. The van der Waals surface area contributed by atoms with Crippen molar-refractivity contribution in [3.05, 3.63) is 64.5 Å². The molecule has 0 N–H and O–H groups in total. The first-order valence-corrected chi connectivity index (χ1v) is 8.12. The van der Waals surface area contributed by atoms with Crippen molar-refractivity contribution in [1.82, 2.24) is 4.90 Å². The molecule has 0 radical (unpaired) electrons. The van der Waals surface area contributed by atoms with Crippen LogP contribution in [0.15, 0.2) is 36.4 Å². The second-order valence-corrected chi connectivity index (χ2v) is 6.17. The van der Waals surface area contributed by atoms with Crippen molar-refractivity contribution < 1.29 is 23.5 Å². The molecule has 0 saturated heterocycles. The Morgan fingerprint density at radius 3 is 2.31 bits per heavy atom. The van der Waals surface area contributed by atoms with Crippen molar-refractivity contribution in [3.63, 3.8) is 0 Å². The number of aryl methyl sites for hydroxylation is 2. The van der Waals surface area contributed by atoms with Crippen molar-refractivity contribution in [1.29, 1.82) is 0 Å². The molecule has 0 spiro atoms. The Morgan fingerprint density at radius 1 is 1.08 bits per heavy atom. The molecule has 0 unspecified atom stereocenters. The zero-order valence-corrected chi connectivity index (χ0v) is 15.3. The van der Waals surface area contributed by atoms with Gasteiger partial charge in [-0.3, -0.25) is 4.79 Å². The third-order valence-electron chi connectivity index (χ3n) is 3.85. The van der Waals surface area contributed by atoms with Gasteiger partial charge in [-0.1, -0.05) is 23.3 Å². The number of halogens is 1. The lowest BCUT2D eigenvalue weighted by Crippen LogP contribution is -2.30. The molecule has 0 aliphatic rings. The highest BCUT2D eigenvalue weighted by molar-refractivity contribution is 5.91. The summed E-state index contributed by atoms with van der Waals surface area (Å²) in [5.74, 6) is -1.27. The fraction of sp³-hybridized carbons (Fsp3) is 0.300. The normalized spacial score (nSPS) is 10.3. The third kappa shape index (κ3) is 5.05. The standard InChI is InChI=1S/C20H22FNO4/c1-13-7-14(2)9-16(8-13)20(24)26-12-19(23)22(3)11-15-5-6-18(25-4)17(21)10-15/h5-10H,11-12H2,1-4H3. The molecule has 2 aromatic carbocycles. The number of nitrogens with zero attached hydrogens (tertiary/aromatic N) is 1. The van der Waals surface area contributed by atoms with Gasteiger partial charge in [-0.15, -0.1) is 0 Å². The van der Waals surface area contributed by atoms with E-state index in [9.17, 15) is 14.0 Å². The first-order chi connectivity index (χ1) is 12.3. The van der Waals surface area contributed by atoms with Gasteiger partial charge in [0.25, 0.3) is 5.91 Å². The number of likely N-dealkylation sites (N-methyl/N-ethyl adjacent to an activating group) is 1. The van der Waals surface area contributed by atoms with Gasteiger partial charge in [0.1, 0.15) is 0 Å². The van der Waals surface area contributed by atoms with Crippen LogP contribution >= 0.6 is 0 Å². The molecule has 0 aromatic heterocycles. The van der Waals surface area contributed by atoms with Crippen LogP contribution in [0.1, 0.15) is 27.0 Å². The molecule has 1 amide bonds. The zero-order valence-electron chi connectivity index (χ0n) is 15.3. The van der Waals surface area contributed by atoms with Crippen LogP contribution in [0.2, 0.25) is 0 Å². The summed E-state index contributed by atoms with van der Waals surface area (Å²) in [6.45, 7) is 3.59. The molecule has 0 atom stereocenters. The maximum absolute atomic E-state index is 13.7. The van der Waals surface area contributed by atoms with Crippen molar-refractivity contribution in [3.8, 4) is 5.75 Å². The van der Waals surface area contributed by atoms with E-state index in [2.05, 4.69) is 0 Å². The molecule has 138 valence electrons. The summed E-state index contributed by atoms with van der Waals surface area (Å²) in [6.07, 6.45) is 0. The van der Waals surface area contributed by atoms with Gasteiger partial charge in [-0.2, -0.15) is 0 Å². The molecule has 0 fully saturated rings. The van der Waals surface area contributed by atoms with E-state index in [1.165, 1.54) is 24.1 Å². The van der Waals surface area contributed by atoms with Gasteiger partial charge in [0.2, 0.25) is 0 Å². The van der Waals surface area contributed by atoms with Crippen molar-refractivity contribution >= 4 is 11.9 Å². The van der Waals surface area contributed by atoms with Crippen LogP contribution < -0.4 is 4.74 Å². The van der Waals surface area contributed by atoms with Crippen molar-refractivity contribution in [2.24, 2.45) is 0 Å². The Morgan fingerprint density at radius 2 is 1.73 bits per heavy atom. The third-order valence-corrected chi connectivity index (χ3v) is 3.85. The number of carbonyl (C=O) groups is 2. The molecule has 0 aliphatic carbocycles. The lowest BCUT2D eigenvalue weighted by molar-refractivity contribution is -0.133. The molecular weight excluding hydrogens is 337 g/mol. The van der Waals surface area contributed by atoms with Crippen LogP contribution in [0.4, 0.5) is 4.39 Å². The number of rotatable bonds is 6. The number of hydrogen-bond acceptors (Lipinski definition) is 4. The van der Waals surface area contributed by atoms with E-state index in [4.69, 9.17) is 9.47 Å². The fourth-order valence-corrected chi connectivity index (χ4v) is 2.58. The average molecular weight is 359 g/mol. The molecule has 0 bridgehead atoms. The Labute approximate surface area is 152 Å². The largest absolute Gasteiger partial charge is 0.494 e. The van der Waals surface area contributed by atoms with Gasteiger partial charge in [-0.05, 0) is 43.7 Å². The van der Waals surface area contributed by atoms with Crippen molar-refractivity contribution in [2.45, 2.75) is 20.4 Å². The molecule has 0 heterocycles. The van der Waals surface area contributed by atoms with Gasteiger partial charge in [-0.25, -0.2) is 9.18 Å². The van der Waals surface area contributed by atoms with Crippen molar-refractivity contribution in [2.75, 3.05) is 20.8 Å². The Kier molecular flexibility index (Phi) is 6.33. The molecule has 6 heteroatoms. The average Bonchev–Trinajstić information content (AvgIpc) is 2.58. The second kappa shape index (κ2) is 8.47. The summed E-state index contributed by atoms with van der Waals surface area (Å²) in [7, 11) is 2.95. The predicted molar refractivity (Wildman–Crippen MR) is 95.6 cm³/mol. The van der Waals surface area contributed by atoms with Crippen LogP contribution in [0.5, 0.6) is 5.75 Å². The van der Waals surface area contributed by atoms with E-state index >= 15 is 0 Å². The highest BCUT2D eigenvalue weighted by Gasteiger charge is 2.15. The minimum absolute atomic E-state index is 0.144. The number of ether oxygens (including phenoxy) is 2. The summed E-state index contributed by atoms with van der Waals surface area (Å²) < 4.78 is 23.7. The van der Waals surface area contributed by atoms with Crippen LogP contribution in [0, 0.1) is 19.7 Å². The first-order valence-electron chi connectivity index (χ1n) is 8.12. The van der Waals surface area contributed by atoms with Crippen LogP contribution in [0.25, 0.3) is 0 Å². The number of hydrogen-bond donors (Lipinski definition) is 0. The zero-order chi connectivity index (χ0) is 19.3. The summed E-state index contributed by atoms with van der Waals surface area (Å²) in [5.41, 5.74) is 2.92. The molecule has 2 aromatic rings. The number of carbonyl (C=O) groups excluding carboxylic acids is 2. The lowest BCUT2D eigenvalue weighted by atomic mass is 10.1. The topological polar surface area (TPSA) is 55.8 Å². The highest BCUT2D eigenvalue weighted by atomic mass is 19.1. The van der Waals surface area contributed by atoms with Crippen LogP contribution in [-0.4, -0.2) is 37.5 Å². The summed E-state index contributed by atoms with van der Waals surface area (Å²) in [4.78, 5) is 25.6. The monoisotopic (exact) mass is 359 g/mol. The fourth-order valence-electron chi connectivity index (χ4n) is 2.58. The molecule has 0 aliphatic heterocycles. The summed E-state index contributed by atoms with van der Waals surface area (Å²) in [5, 5.41) is 0. The molecule has 5 nitrogen and oxygen atoms in total. The van der Waals surface area contributed by atoms with E-state index in [-0.39, 0.29) is 24.8 Å². The van der Waals surface area contributed by atoms with E-state index < -0.39 is 11.8 Å². The van der Waals surface area contributed by atoms with Gasteiger partial charge in [0.05, 0.1) is 12.7 Å². The molecular formula is C20H22FNO4. The van der Waals surface area contributed by atoms with E-state index in [0.29, 0.717) is 11.1 Å². The molecule has 26 heavy (non-hydrogen) atoms.